The summed E-state index contributed by atoms with van der Waals surface area (Å²) in [5, 5.41) is 1.51. The number of fused-ring (bicyclic) bond motifs is 1. The molecule has 0 bridgehead atoms. The molecule has 0 aliphatic heterocycles. The van der Waals surface area contributed by atoms with Crippen molar-refractivity contribution in [1.82, 2.24) is 19.8 Å². The summed E-state index contributed by atoms with van der Waals surface area (Å²) < 4.78 is 6.27. The summed E-state index contributed by atoms with van der Waals surface area (Å²) >= 11 is 6.48. The van der Waals surface area contributed by atoms with Gasteiger partial charge in [0.25, 0.3) is 0 Å². The van der Waals surface area contributed by atoms with Crippen LogP contribution in [0.3, 0.4) is 0 Å². The van der Waals surface area contributed by atoms with E-state index in [2.05, 4.69) is 22.5 Å². The van der Waals surface area contributed by atoms with Crippen molar-refractivity contribution in [2.45, 2.75) is 26.4 Å². The van der Waals surface area contributed by atoms with Gasteiger partial charge in [-0.05, 0) is 37.1 Å². The predicted octanol–water partition coefficient (Wildman–Crippen LogP) is 5.28. The molecule has 1 amide bonds. The number of rotatable bonds is 9. The van der Waals surface area contributed by atoms with E-state index < -0.39 is 0 Å². The maximum atomic E-state index is 12.1. The Morgan fingerprint density at radius 3 is 2.62 bits per heavy atom. The van der Waals surface area contributed by atoms with Crippen LogP contribution in [0.4, 0.5) is 0 Å². The molecule has 0 aliphatic carbocycles. The number of carbonyl (C=O) groups excluding carboxylic acids is 1. The molecule has 2 aromatic heterocycles. The highest BCUT2D eigenvalue weighted by atomic mass is 35.5. The third-order valence-corrected chi connectivity index (χ3v) is 5.86. The van der Waals surface area contributed by atoms with E-state index in [4.69, 9.17) is 21.3 Å². The van der Waals surface area contributed by atoms with Crippen molar-refractivity contribution in [3.8, 4) is 5.75 Å². The van der Waals surface area contributed by atoms with Crippen molar-refractivity contribution >= 4 is 34.1 Å². The van der Waals surface area contributed by atoms with Crippen LogP contribution in [0.2, 0.25) is 5.02 Å². The first-order chi connectivity index (χ1) is 16.2. The van der Waals surface area contributed by atoms with Gasteiger partial charge < -0.3 is 14.5 Å². The fourth-order valence-corrected chi connectivity index (χ4v) is 4.00. The number of aryl methyl sites for hydroxylation is 2. The van der Waals surface area contributed by atoms with Gasteiger partial charge in [0, 0.05) is 74.9 Å². The molecular weight excluding hydrogens is 448 g/mol. The van der Waals surface area contributed by atoms with E-state index in [0.717, 1.165) is 39.0 Å². The number of benzene rings is 1. The smallest absolute Gasteiger partial charge is 0.222 e. The van der Waals surface area contributed by atoms with Crippen molar-refractivity contribution in [1.29, 1.82) is 0 Å². The first-order valence-corrected chi connectivity index (χ1v) is 11.5. The molecule has 0 radical (unpaired) electrons. The number of amides is 1. The van der Waals surface area contributed by atoms with Gasteiger partial charge in [-0.3, -0.25) is 9.78 Å². The molecule has 2 heterocycles. The van der Waals surface area contributed by atoms with Crippen molar-refractivity contribution < 1.29 is 9.53 Å². The van der Waals surface area contributed by atoms with E-state index in [0.29, 0.717) is 23.6 Å². The lowest BCUT2D eigenvalue weighted by molar-refractivity contribution is -0.128. The van der Waals surface area contributed by atoms with Gasteiger partial charge >= 0.3 is 0 Å². The van der Waals surface area contributed by atoms with Crippen LogP contribution in [-0.4, -0.2) is 53.9 Å². The Morgan fingerprint density at radius 1 is 1.18 bits per heavy atom. The Morgan fingerprint density at radius 2 is 1.94 bits per heavy atom. The molecule has 178 valence electrons. The van der Waals surface area contributed by atoms with Crippen molar-refractivity contribution in [3.05, 3.63) is 82.8 Å². The molecule has 1 aromatic carbocycles. The number of nitrogens with zero attached hydrogens (tertiary/aromatic N) is 4. The molecule has 0 saturated carbocycles. The second kappa shape index (κ2) is 11.2. The van der Waals surface area contributed by atoms with Crippen LogP contribution < -0.4 is 4.74 Å². The second-order valence-electron chi connectivity index (χ2n) is 8.48. The SMILES string of the molecule is C=C/C=C(/c1cc(C)nc2c(OCc3c(Cl)cncc3CCC(=O)N(C)C)cccc12)N(C)C. The van der Waals surface area contributed by atoms with Crippen LogP contribution in [0, 0.1) is 6.92 Å². The number of aromatic nitrogens is 2. The van der Waals surface area contributed by atoms with Gasteiger partial charge in [0.2, 0.25) is 5.91 Å². The minimum absolute atomic E-state index is 0.0531. The van der Waals surface area contributed by atoms with E-state index in [1.807, 2.05) is 45.3 Å². The molecule has 0 atom stereocenters. The Bertz CT molecular complexity index is 1230. The topological polar surface area (TPSA) is 58.6 Å². The number of ether oxygens (including phenoxy) is 1. The summed E-state index contributed by atoms with van der Waals surface area (Å²) in [6.07, 6.45) is 8.04. The third kappa shape index (κ3) is 5.75. The lowest BCUT2D eigenvalue weighted by Crippen LogP contribution is -2.22. The summed E-state index contributed by atoms with van der Waals surface area (Å²) in [6.45, 7) is 6.08. The van der Waals surface area contributed by atoms with E-state index >= 15 is 0 Å². The van der Waals surface area contributed by atoms with Crippen molar-refractivity contribution in [2.24, 2.45) is 0 Å². The molecule has 0 saturated heterocycles. The Balaban J connectivity index is 1.96. The molecule has 0 unspecified atom stereocenters. The van der Waals surface area contributed by atoms with Gasteiger partial charge in [-0.2, -0.15) is 0 Å². The predicted molar refractivity (Wildman–Crippen MR) is 139 cm³/mol. The van der Waals surface area contributed by atoms with E-state index in [-0.39, 0.29) is 12.5 Å². The summed E-state index contributed by atoms with van der Waals surface area (Å²) in [7, 11) is 7.51. The zero-order valence-electron chi connectivity index (χ0n) is 20.4. The molecule has 0 fully saturated rings. The van der Waals surface area contributed by atoms with Gasteiger partial charge in [0.15, 0.2) is 0 Å². The highest BCUT2D eigenvalue weighted by Crippen LogP contribution is 2.32. The number of halogens is 1. The van der Waals surface area contributed by atoms with Crippen LogP contribution in [0.5, 0.6) is 5.75 Å². The summed E-state index contributed by atoms with van der Waals surface area (Å²) in [5.41, 5.74) is 5.49. The molecule has 6 nitrogen and oxygen atoms in total. The lowest BCUT2D eigenvalue weighted by atomic mass is 10.0. The molecule has 0 N–H and O–H groups in total. The molecule has 3 aromatic rings. The Labute approximate surface area is 206 Å². The van der Waals surface area contributed by atoms with Crippen LogP contribution in [0.1, 0.15) is 28.8 Å². The monoisotopic (exact) mass is 478 g/mol. The van der Waals surface area contributed by atoms with Crippen molar-refractivity contribution in [3.63, 3.8) is 0 Å². The highest BCUT2D eigenvalue weighted by Gasteiger charge is 2.16. The van der Waals surface area contributed by atoms with Gasteiger partial charge in [-0.25, -0.2) is 4.98 Å². The van der Waals surface area contributed by atoms with Crippen LogP contribution in [-0.2, 0) is 17.8 Å². The van der Waals surface area contributed by atoms with Crippen LogP contribution in [0.25, 0.3) is 16.6 Å². The number of hydrogen-bond acceptors (Lipinski definition) is 5. The maximum absolute atomic E-state index is 12.1. The number of hydrogen-bond donors (Lipinski definition) is 0. The molecular formula is C27H31ClN4O2. The Hall–Kier alpha value is -3.38. The fraction of sp³-hybridized carbons (Fsp3) is 0.296. The number of pyridine rings is 2. The van der Waals surface area contributed by atoms with Crippen LogP contribution >= 0.6 is 11.6 Å². The second-order valence-corrected chi connectivity index (χ2v) is 8.89. The molecule has 0 aliphatic rings. The summed E-state index contributed by atoms with van der Waals surface area (Å²) in [6, 6.07) is 7.99. The van der Waals surface area contributed by atoms with E-state index in [1.54, 1.807) is 37.5 Å². The van der Waals surface area contributed by atoms with Gasteiger partial charge in [-0.1, -0.05) is 36.4 Å². The molecule has 3 rings (SSSR count). The largest absolute Gasteiger partial charge is 0.487 e. The molecule has 7 heteroatoms. The first kappa shape index (κ1) is 25.2. The number of para-hydroxylation sites is 1. The summed E-state index contributed by atoms with van der Waals surface area (Å²) in [4.78, 5) is 24.7. The standard InChI is InChI=1S/C27H31ClN4O2/c1-7-9-24(31(3)4)21-14-18(2)30-27-20(21)10-8-11-25(27)34-17-22-19(15-29-16-23(22)28)12-13-26(33)32(5)6/h7-11,14-16H,1,12-13,17H2,2-6H3/b24-9-. The van der Waals surface area contributed by atoms with E-state index in [9.17, 15) is 4.79 Å². The third-order valence-electron chi connectivity index (χ3n) is 5.54. The minimum atomic E-state index is 0.0531. The minimum Gasteiger partial charge on any atom is -0.487 e. The lowest BCUT2D eigenvalue weighted by Gasteiger charge is -2.20. The van der Waals surface area contributed by atoms with Crippen LogP contribution in [0.15, 0.2) is 55.4 Å². The molecule has 0 spiro atoms. The average Bonchev–Trinajstić information content (AvgIpc) is 2.79. The number of carbonyl (C=O) groups is 1. The zero-order chi connectivity index (χ0) is 24.8. The first-order valence-electron chi connectivity index (χ1n) is 11.1. The molecule has 34 heavy (non-hydrogen) atoms. The quantitative estimate of drug-likeness (QED) is 0.391. The fourth-order valence-electron chi connectivity index (χ4n) is 3.76. The van der Waals surface area contributed by atoms with Gasteiger partial charge in [0.05, 0.1) is 5.02 Å². The highest BCUT2D eigenvalue weighted by molar-refractivity contribution is 6.31. The van der Waals surface area contributed by atoms with E-state index in [1.165, 1.54) is 0 Å². The Kier molecular flexibility index (Phi) is 8.29. The normalized spacial score (nSPS) is 11.4. The zero-order valence-corrected chi connectivity index (χ0v) is 21.2. The van der Waals surface area contributed by atoms with Crippen molar-refractivity contribution in [2.75, 3.05) is 28.2 Å². The van der Waals surface area contributed by atoms with Gasteiger partial charge in [-0.15, -0.1) is 0 Å². The summed E-state index contributed by atoms with van der Waals surface area (Å²) in [5.74, 6) is 0.722. The maximum Gasteiger partial charge on any atom is 0.222 e. The van der Waals surface area contributed by atoms with Gasteiger partial charge in [0.1, 0.15) is 17.9 Å². The number of allylic oxidation sites excluding steroid dienone is 2. The average molecular weight is 479 g/mol.